The van der Waals surface area contributed by atoms with E-state index in [9.17, 15) is 0 Å². The van der Waals surface area contributed by atoms with Gasteiger partial charge >= 0.3 is 0 Å². The lowest BCUT2D eigenvalue weighted by Crippen LogP contribution is -2.37. The molecule has 2 rings (SSSR count). The van der Waals surface area contributed by atoms with Crippen molar-refractivity contribution >= 4 is 0 Å². The SMILES string of the molecule is CCCNC(Cc1cn(C)nn1)CC1CCCCO1. The molecule has 0 aliphatic carbocycles. The maximum atomic E-state index is 5.85. The quantitative estimate of drug-likeness (QED) is 0.816. The van der Waals surface area contributed by atoms with E-state index >= 15 is 0 Å². The van der Waals surface area contributed by atoms with Gasteiger partial charge in [0.1, 0.15) is 0 Å². The Morgan fingerprint density at radius 1 is 1.53 bits per heavy atom. The van der Waals surface area contributed by atoms with Crippen LogP contribution >= 0.6 is 0 Å². The van der Waals surface area contributed by atoms with Gasteiger partial charge in [0.2, 0.25) is 0 Å². The zero-order valence-electron chi connectivity index (χ0n) is 12.1. The van der Waals surface area contributed by atoms with E-state index in [4.69, 9.17) is 4.74 Å². The minimum absolute atomic E-state index is 0.416. The molecule has 2 heterocycles. The predicted molar refractivity (Wildman–Crippen MR) is 75.0 cm³/mol. The molecule has 1 aliphatic rings. The Labute approximate surface area is 115 Å². The average molecular weight is 266 g/mol. The number of aromatic nitrogens is 3. The number of ether oxygens (including phenoxy) is 1. The first kappa shape index (κ1) is 14.5. The van der Waals surface area contributed by atoms with Crippen LogP contribution in [-0.2, 0) is 18.2 Å². The monoisotopic (exact) mass is 266 g/mol. The van der Waals surface area contributed by atoms with Gasteiger partial charge in [-0.25, -0.2) is 0 Å². The molecule has 108 valence electrons. The molecule has 1 fully saturated rings. The fraction of sp³-hybridized carbons (Fsp3) is 0.857. The van der Waals surface area contributed by atoms with Crippen LogP contribution in [0.15, 0.2) is 6.20 Å². The number of nitrogens with one attached hydrogen (secondary N) is 1. The number of hydrogen-bond donors (Lipinski definition) is 1. The molecule has 1 aliphatic heterocycles. The molecule has 5 heteroatoms. The highest BCUT2D eigenvalue weighted by Crippen LogP contribution is 2.18. The third kappa shape index (κ3) is 4.91. The van der Waals surface area contributed by atoms with Crippen LogP contribution in [0.1, 0.15) is 44.7 Å². The minimum Gasteiger partial charge on any atom is -0.378 e. The summed E-state index contributed by atoms with van der Waals surface area (Å²) in [6.45, 7) is 4.18. The molecule has 0 amide bonds. The van der Waals surface area contributed by atoms with E-state index in [1.54, 1.807) is 4.68 Å². The van der Waals surface area contributed by atoms with Crippen molar-refractivity contribution in [2.75, 3.05) is 13.2 Å². The number of nitrogens with zero attached hydrogens (tertiary/aromatic N) is 3. The van der Waals surface area contributed by atoms with Crippen LogP contribution in [0.4, 0.5) is 0 Å². The van der Waals surface area contributed by atoms with Crippen molar-refractivity contribution in [2.24, 2.45) is 7.05 Å². The third-order valence-electron chi connectivity index (χ3n) is 3.61. The zero-order chi connectivity index (χ0) is 13.5. The topological polar surface area (TPSA) is 52.0 Å². The van der Waals surface area contributed by atoms with Gasteiger partial charge in [-0.1, -0.05) is 12.1 Å². The second kappa shape index (κ2) is 7.60. The first-order valence-corrected chi connectivity index (χ1v) is 7.48. The van der Waals surface area contributed by atoms with Crippen LogP contribution in [0.2, 0.25) is 0 Å². The first-order valence-electron chi connectivity index (χ1n) is 7.48. The van der Waals surface area contributed by atoms with Crippen molar-refractivity contribution < 1.29 is 4.74 Å². The molecule has 0 spiro atoms. The van der Waals surface area contributed by atoms with Crippen molar-refractivity contribution in [1.82, 2.24) is 20.3 Å². The minimum atomic E-state index is 0.416. The van der Waals surface area contributed by atoms with Crippen molar-refractivity contribution in [3.05, 3.63) is 11.9 Å². The van der Waals surface area contributed by atoms with E-state index in [0.717, 1.165) is 38.1 Å². The summed E-state index contributed by atoms with van der Waals surface area (Å²) in [5, 5.41) is 11.8. The lowest BCUT2D eigenvalue weighted by atomic mass is 9.99. The third-order valence-corrected chi connectivity index (χ3v) is 3.61. The molecule has 1 aromatic heterocycles. The predicted octanol–water partition coefficient (Wildman–Crippen LogP) is 1.68. The van der Waals surface area contributed by atoms with Gasteiger partial charge in [-0.2, -0.15) is 0 Å². The molecule has 0 aromatic carbocycles. The summed E-state index contributed by atoms with van der Waals surface area (Å²) >= 11 is 0. The summed E-state index contributed by atoms with van der Waals surface area (Å²) in [5.41, 5.74) is 1.06. The van der Waals surface area contributed by atoms with Crippen LogP contribution < -0.4 is 5.32 Å². The van der Waals surface area contributed by atoms with E-state index < -0.39 is 0 Å². The number of hydrogen-bond acceptors (Lipinski definition) is 4. The van der Waals surface area contributed by atoms with Gasteiger partial charge in [0, 0.05) is 32.3 Å². The lowest BCUT2D eigenvalue weighted by molar-refractivity contribution is 0.00521. The van der Waals surface area contributed by atoms with Crippen molar-refractivity contribution in [3.63, 3.8) is 0 Å². The highest BCUT2D eigenvalue weighted by molar-refractivity contribution is 4.96. The summed E-state index contributed by atoms with van der Waals surface area (Å²) in [6, 6.07) is 0.444. The Hall–Kier alpha value is -0.940. The fourth-order valence-electron chi connectivity index (χ4n) is 2.64. The van der Waals surface area contributed by atoms with Crippen LogP contribution in [0.3, 0.4) is 0 Å². The van der Waals surface area contributed by atoms with Crippen LogP contribution in [-0.4, -0.2) is 40.3 Å². The van der Waals surface area contributed by atoms with E-state index in [0.29, 0.717) is 12.1 Å². The Bertz CT molecular complexity index is 360. The molecule has 19 heavy (non-hydrogen) atoms. The van der Waals surface area contributed by atoms with Crippen molar-refractivity contribution in [3.8, 4) is 0 Å². The van der Waals surface area contributed by atoms with Crippen LogP contribution in [0.5, 0.6) is 0 Å². The molecular formula is C14H26N4O. The number of aryl methyl sites for hydroxylation is 1. The van der Waals surface area contributed by atoms with E-state index in [2.05, 4.69) is 22.6 Å². The largest absolute Gasteiger partial charge is 0.378 e. The molecule has 1 aromatic rings. The molecule has 1 saturated heterocycles. The Kier molecular flexibility index (Phi) is 5.79. The summed E-state index contributed by atoms with van der Waals surface area (Å²) in [4.78, 5) is 0. The molecule has 5 nitrogen and oxygen atoms in total. The number of rotatable bonds is 7. The van der Waals surface area contributed by atoms with Crippen molar-refractivity contribution in [2.45, 2.75) is 57.6 Å². The van der Waals surface area contributed by atoms with Gasteiger partial charge in [0.15, 0.2) is 0 Å². The highest BCUT2D eigenvalue weighted by Gasteiger charge is 2.20. The molecule has 2 unspecified atom stereocenters. The molecule has 1 N–H and O–H groups in total. The smallest absolute Gasteiger partial charge is 0.0842 e. The van der Waals surface area contributed by atoms with Gasteiger partial charge < -0.3 is 10.1 Å². The highest BCUT2D eigenvalue weighted by atomic mass is 16.5. The molecule has 0 radical (unpaired) electrons. The second-order valence-corrected chi connectivity index (χ2v) is 5.46. The van der Waals surface area contributed by atoms with Gasteiger partial charge in [0.05, 0.1) is 11.8 Å². The normalized spacial score (nSPS) is 21.5. The Morgan fingerprint density at radius 3 is 3.05 bits per heavy atom. The van der Waals surface area contributed by atoms with Crippen LogP contribution in [0.25, 0.3) is 0 Å². The lowest BCUT2D eigenvalue weighted by Gasteiger charge is -2.27. The van der Waals surface area contributed by atoms with E-state index in [1.807, 2.05) is 13.2 Å². The van der Waals surface area contributed by atoms with Gasteiger partial charge in [-0.05, 0) is 38.6 Å². The Balaban J connectivity index is 1.86. The maximum Gasteiger partial charge on any atom is 0.0842 e. The second-order valence-electron chi connectivity index (χ2n) is 5.46. The summed E-state index contributed by atoms with van der Waals surface area (Å²) < 4.78 is 7.62. The van der Waals surface area contributed by atoms with Gasteiger partial charge in [0.25, 0.3) is 0 Å². The molecule has 0 saturated carbocycles. The van der Waals surface area contributed by atoms with Crippen LogP contribution in [0, 0.1) is 0 Å². The summed E-state index contributed by atoms with van der Waals surface area (Å²) in [5.74, 6) is 0. The van der Waals surface area contributed by atoms with Crippen molar-refractivity contribution in [1.29, 1.82) is 0 Å². The van der Waals surface area contributed by atoms with E-state index in [-0.39, 0.29) is 0 Å². The average Bonchev–Trinajstić information content (AvgIpc) is 2.82. The maximum absolute atomic E-state index is 5.85. The first-order chi connectivity index (χ1) is 9.28. The van der Waals surface area contributed by atoms with Gasteiger partial charge in [-0.3, -0.25) is 4.68 Å². The van der Waals surface area contributed by atoms with Gasteiger partial charge in [-0.15, -0.1) is 5.10 Å². The van der Waals surface area contributed by atoms with E-state index in [1.165, 1.54) is 19.3 Å². The fourth-order valence-corrected chi connectivity index (χ4v) is 2.64. The summed E-state index contributed by atoms with van der Waals surface area (Å²) in [7, 11) is 1.91. The summed E-state index contributed by atoms with van der Waals surface area (Å²) in [6.07, 6.45) is 9.31. The zero-order valence-corrected chi connectivity index (χ0v) is 12.1. The molecule has 2 atom stereocenters. The Morgan fingerprint density at radius 2 is 2.42 bits per heavy atom. The molecular weight excluding hydrogens is 240 g/mol. The molecule has 0 bridgehead atoms. The standard InChI is InChI=1S/C14H26N4O/c1-3-7-15-12(9-13-11-18(2)17-16-13)10-14-6-4-5-8-19-14/h11-12,14-15H,3-10H2,1-2H3.